The third-order valence-electron chi connectivity index (χ3n) is 2.33. The standard InChI is InChI=1S/C12H15N3OS/c1-15-11(16)7-17-9-12(14,8-13)10-5-3-2-4-6-10/h2-6H,7,9,14H2,1H3,(H,15,16). The molecule has 90 valence electrons. The maximum Gasteiger partial charge on any atom is 0.229 e. The third-order valence-corrected chi connectivity index (χ3v) is 3.46. The van der Waals surface area contributed by atoms with Crippen LogP contribution in [0.1, 0.15) is 5.56 Å². The predicted molar refractivity (Wildman–Crippen MR) is 69.3 cm³/mol. The van der Waals surface area contributed by atoms with E-state index in [-0.39, 0.29) is 5.91 Å². The highest BCUT2D eigenvalue weighted by atomic mass is 32.2. The van der Waals surface area contributed by atoms with Crippen molar-refractivity contribution in [3.8, 4) is 6.07 Å². The number of benzene rings is 1. The van der Waals surface area contributed by atoms with Crippen LogP contribution in [-0.2, 0) is 10.3 Å². The van der Waals surface area contributed by atoms with E-state index >= 15 is 0 Å². The van der Waals surface area contributed by atoms with Gasteiger partial charge in [0.1, 0.15) is 5.54 Å². The number of nitriles is 1. The molecule has 1 rings (SSSR count). The molecule has 0 radical (unpaired) electrons. The number of nitrogens with zero attached hydrogens (tertiary/aromatic N) is 1. The average molecular weight is 249 g/mol. The molecule has 1 aromatic carbocycles. The molecule has 0 bridgehead atoms. The van der Waals surface area contributed by atoms with E-state index in [1.807, 2.05) is 30.3 Å². The van der Waals surface area contributed by atoms with Gasteiger partial charge in [0, 0.05) is 12.8 Å². The van der Waals surface area contributed by atoms with Crippen molar-refractivity contribution in [3.05, 3.63) is 35.9 Å². The van der Waals surface area contributed by atoms with Crippen molar-refractivity contribution >= 4 is 17.7 Å². The molecule has 0 fully saturated rings. The monoisotopic (exact) mass is 249 g/mol. The van der Waals surface area contributed by atoms with Crippen LogP contribution < -0.4 is 11.1 Å². The maximum absolute atomic E-state index is 11.1. The molecule has 5 heteroatoms. The molecule has 0 aliphatic heterocycles. The largest absolute Gasteiger partial charge is 0.358 e. The van der Waals surface area contributed by atoms with Gasteiger partial charge in [0.05, 0.1) is 11.8 Å². The topological polar surface area (TPSA) is 78.9 Å². The molecule has 3 N–H and O–H groups in total. The summed E-state index contributed by atoms with van der Waals surface area (Å²) in [7, 11) is 1.58. The van der Waals surface area contributed by atoms with E-state index in [1.165, 1.54) is 11.8 Å². The Kier molecular flexibility index (Phi) is 5.01. The van der Waals surface area contributed by atoms with Crippen molar-refractivity contribution in [1.82, 2.24) is 5.32 Å². The molecule has 17 heavy (non-hydrogen) atoms. The van der Waals surface area contributed by atoms with Gasteiger partial charge in [-0.25, -0.2) is 0 Å². The van der Waals surface area contributed by atoms with Gasteiger partial charge in [0.25, 0.3) is 0 Å². The molecule has 0 aromatic heterocycles. The SMILES string of the molecule is CNC(=O)CSCC(N)(C#N)c1ccccc1. The molecule has 0 saturated heterocycles. The molecule has 1 aromatic rings. The summed E-state index contributed by atoms with van der Waals surface area (Å²) in [5, 5.41) is 11.7. The van der Waals surface area contributed by atoms with Crippen molar-refractivity contribution < 1.29 is 4.79 Å². The van der Waals surface area contributed by atoms with Gasteiger partial charge >= 0.3 is 0 Å². The first-order chi connectivity index (χ1) is 8.12. The van der Waals surface area contributed by atoms with Crippen LogP contribution in [0.4, 0.5) is 0 Å². The summed E-state index contributed by atoms with van der Waals surface area (Å²) >= 11 is 1.35. The van der Waals surface area contributed by atoms with Crippen LogP contribution in [0.5, 0.6) is 0 Å². The van der Waals surface area contributed by atoms with Crippen LogP contribution in [0.3, 0.4) is 0 Å². The van der Waals surface area contributed by atoms with E-state index < -0.39 is 5.54 Å². The first kappa shape index (κ1) is 13.6. The third kappa shape index (κ3) is 3.77. The molecular weight excluding hydrogens is 234 g/mol. The number of rotatable bonds is 5. The Labute approximate surface area is 105 Å². The summed E-state index contributed by atoms with van der Waals surface area (Å²) in [6.07, 6.45) is 0. The summed E-state index contributed by atoms with van der Waals surface area (Å²) in [6.45, 7) is 0. The Balaban J connectivity index is 2.65. The molecule has 0 aliphatic rings. The highest BCUT2D eigenvalue weighted by Crippen LogP contribution is 2.22. The molecule has 0 heterocycles. The minimum atomic E-state index is -1.04. The highest BCUT2D eigenvalue weighted by molar-refractivity contribution is 8.00. The average Bonchev–Trinajstić information content (AvgIpc) is 2.39. The fraction of sp³-hybridized carbons (Fsp3) is 0.333. The lowest BCUT2D eigenvalue weighted by Crippen LogP contribution is -2.38. The Morgan fingerprint density at radius 1 is 1.53 bits per heavy atom. The Hall–Kier alpha value is -1.51. The number of carbonyl (C=O) groups is 1. The first-order valence-corrected chi connectivity index (χ1v) is 6.32. The minimum absolute atomic E-state index is 0.0663. The van der Waals surface area contributed by atoms with Gasteiger partial charge in [-0.05, 0) is 5.56 Å². The number of nitrogens with one attached hydrogen (secondary N) is 1. The van der Waals surface area contributed by atoms with Crippen LogP contribution in [0.15, 0.2) is 30.3 Å². The summed E-state index contributed by atoms with van der Waals surface area (Å²) in [6, 6.07) is 11.3. The zero-order valence-electron chi connectivity index (χ0n) is 9.64. The normalized spacial score (nSPS) is 13.5. The Bertz CT molecular complexity index is 416. The first-order valence-electron chi connectivity index (χ1n) is 5.16. The van der Waals surface area contributed by atoms with Gasteiger partial charge in [0.2, 0.25) is 5.91 Å². The fourth-order valence-corrected chi connectivity index (χ4v) is 2.28. The van der Waals surface area contributed by atoms with E-state index in [1.54, 1.807) is 7.05 Å². The fourth-order valence-electron chi connectivity index (χ4n) is 1.29. The minimum Gasteiger partial charge on any atom is -0.358 e. The number of carbonyl (C=O) groups excluding carboxylic acids is 1. The van der Waals surface area contributed by atoms with E-state index in [0.29, 0.717) is 11.5 Å². The lowest BCUT2D eigenvalue weighted by atomic mass is 9.95. The molecular formula is C12H15N3OS. The van der Waals surface area contributed by atoms with Crippen molar-refractivity contribution in [2.45, 2.75) is 5.54 Å². The summed E-state index contributed by atoms with van der Waals surface area (Å²) in [5.41, 5.74) is 5.76. The van der Waals surface area contributed by atoms with Crippen LogP contribution in [-0.4, -0.2) is 24.5 Å². The smallest absolute Gasteiger partial charge is 0.229 e. The molecule has 4 nitrogen and oxygen atoms in total. The maximum atomic E-state index is 11.1. The predicted octanol–water partition coefficient (Wildman–Crippen LogP) is 0.843. The molecule has 0 spiro atoms. The number of hydrogen-bond donors (Lipinski definition) is 2. The molecule has 1 unspecified atom stereocenters. The second-order valence-corrected chi connectivity index (χ2v) is 4.60. The van der Waals surface area contributed by atoms with Crippen LogP contribution in [0.25, 0.3) is 0 Å². The van der Waals surface area contributed by atoms with E-state index in [0.717, 1.165) is 5.56 Å². The highest BCUT2D eigenvalue weighted by Gasteiger charge is 2.27. The number of thioether (sulfide) groups is 1. The lowest BCUT2D eigenvalue weighted by molar-refractivity contribution is -0.118. The van der Waals surface area contributed by atoms with Crippen molar-refractivity contribution in [2.24, 2.45) is 5.73 Å². The zero-order chi connectivity index (χ0) is 12.7. The zero-order valence-corrected chi connectivity index (χ0v) is 10.5. The summed E-state index contributed by atoms with van der Waals surface area (Å²) < 4.78 is 0. The number of hydrogen-bond acceptors (Lipinski definition) is 4. The van der Waals surface area contributed by atoms with Crippen molar-refractivity contribution in [2.75, 3.05) is 18.6 Å². The van der Waals surface area contributed by atoms with E-state index in [4.69, 9.17) is 5.73 Å². The van der Waals surface area contributed by atoms with Gasteiger partial charge in [-0.1, -0.05) is 30.3 Å². The van der Waals surface area contributed by atoms with Gasteiger partial charge in [0.15, 0.2) is 0 Å². The quantitative estimate of drug-likeness (QED) is 0.810. The molecule has 0 aliphatic carbocycles. The Morgan fingerprint density at radius 2 is 2.18 bits per heavy atom. The van der Waals surface area contributed by atoms with E-state index in [9.17, 15) is 10.1 Å². The second kappa shape index (κ2) is 6.28. The number of nitrogens with two attached hydrogens (primary N) is 1. The van der Waals surface area contributed by atoms with Gasteiger partial charge in [-0.15, -0.1) is 11.8 Å². The van der Waals surface area contributed by atoms with Crippen molar-refractivity contribution in [1.29, 1.82) is 5.26 Å². The summed E-state index contributed by atoms with van der Waals surface area (Å²) in [4.78, 5) is 11.1. The summed E-state index contributed by atoms with van der Waals surface area (Å²) in [5.74, 6) is 0.633. The second-order valence-electron chi connectivity index (χ2n) is 3.62. The van der Waals surface area contributed by atoms with Gasteiger partial charge < -0.3 is 11.1 Å². The van der Waals surface area contributed by atoms with Crippen LogP contribution >= 0.6 is 11.8 Å². The Morgan fingerprint density at radius 3 is 2.71 bits per heavy atom. The van der Waals surface area contributed by atoms with Crippen molar-refractivity contribution in [3.63, 3.8) is 0 Å². The van der Waals surface area contributed by atoms with Gasteiger partial charge in [-0.3, -0.25) is 4.79 Å². The molecule has 1 atom stereocenters. The lowest BCUT2D eigenvalue weighted by Gasteiger charge is -2.21. The van der Waals surface area contributed by atoms with E-state index in [2.05, 4.69) is 11.4 Å². The van der Waals surface area contributed by atoms with Crippen LogP contribution in [0.2, 0.25) is 0 Å². The molecule has 1 amide bonds. The van der Waals surface area contributed by atoms with Crippen LogP contribution in [0, 0.1) is 11.3 Å². The van der Waals surface area contributed by atoms with Gasteiger partial charge in [-0.2, -0.15) is 5.26 Å². The molecule has 0 saturated carbocycles. The number of amides is 1.